The summed E-state index contributed by atoms with van der Waals surface area (Å²) in [5.41, 5.74) is 2.20. The van der Waals surface area contributed by atoms with Crippen molar-refractivity contribution in [2.75, 3.05) is 19.5 Å². The molecule has 0 amide bonds. The highest BCUT2D eigenvalue weighted by atomic mass is 32.2. The lowest BCUT2D eigenvalue weighted by Crippen LogP contribution is -2.08. The van der Waals surface area contributed by atoms with Gasteiger partial charge in [0, 0.05) is 10.8 Å². The number of aromatic nitrogens is 1. The third-order valence-corrected chi connectivity index (χ3v) is 4.91. The molecular weight excluding hydrogens is 346 g/mol. The molecule has 0 spiro atoms. The number of pyridine rings is 1. The average molecular weight is 369 g/mol. The second-order valence-electron chi connectivity index (χ2n) is 5.67. The lowest BCUT2D eigenvalue weighted by atomic mass is 10.1. The van der Waals surface area contributed by atoms with E-state index in [9.17, 15) is 4.79 Å². The summed E-state index contributed by atoms with van der Waals surface area (Å²) in [6.45, 7) is 4.92. The van der Waals surface area contributed by atoms with Crippen LogP contribution in [-0.4, -0.2) is 35.7 Å². The maximum atomic E-state index is 11.9. The van der Waals surface area contributed by atoms with E-state index < -0.39 is 5.97 Å². The van der Waals surface area contributed by atoms with Crippen molar-refractivity contribution < 1.29 is 14.3 Å². The van der Waals surface area contributed by atoms with E-state index in [0.717, 1.165) is 17.7 Å². The maximum Gasteiger partial charge on any atom is 0.341 e. The molecule has 1 heterocycles. The first-order chi connectivity index (χ1) is 12.6. The van der Waals surface area contributed by atoms with Crippen molar-refractivity contribution in [3.63, 3.8) is 0 Å². The first-order valence-corrected chi connectivity index (χ1v) is 9.78. The minimum atomic E-state index is -0.456. The van der Waals surface area contributed by atoms with Gasteiger partial charge in [-0.25, -0.2) is 9.78 Å². The van der Waals surface area contributed by atoms with E-state index in [-0.39, 0.29) is 5.69 Å². The Morgan fingerprint density at radius 3 is 2.62 bits per heavy atom. The molecule has 4 nitrogen and oxygen atoms in total. The number of benzene rings is 1. The molecule has 0 saturated carbocycles. The summed E-state index contributed by atoms with van der Waals surface area (Å²) in [6.07, 6.45) is 8.61. The molecule has 0 saturated heterocycles. The summed E-state index contributed by atoms with van der Waals surface area (Å²) in [5, 5.41) is 0.582. The van der Waals surface area contributed by atoms with Crippen molar-refractivity contribution in [3.8, 4) is 29.4 Å². The van der Waals surface area contributed by atoms with Crippen LogP contribution in [-0.2, 0) is 4.74 Å². The van der Waals surface area contributed by atoms with Crippen LogP contribution in [0.3, 0.4) is 0 Å². The van der Waals surface area contributed by atoms with E-state index in [1.165, 1.54) is 0 Å². The van der Waals surface area contributed by atoms with Crippen molar-refractivity contribution in [1.82, 2.24) is 4.98 Å². The van der Waals surface area contributed by atoms with Gasteiger partial charge >= 0.3 is 5.97 Å². The van der Waals surface area contributed by atoms with Crippen LogP contribution >= 0.6 is 11.8 Å². The predicted octanol–water partition coefficient (Wildman–Crippen LogP) is 4.43. The van der Waals surface area contributed by atoms with Gasteiger partial charge in [-0.15, -0.1) is 6.42 Å². The molecule has 1 atom stereocenters. The molecule has 0 aliphatic heterocycles. The van der Waals surface area contributed by atoms with Crippen LogP contribution in [0.15, 0.2) is 36.4 Å². The molecule has 1 aromatic carbocycles. The number of carbonyl (C=O) groups is 1. The summed E-state index contributed by atoms with van der Waals surface area (Å²) in [4.78, 5) is 16.3. The Labute approximate surface area is 159 Å². The van der Waals surface area contributed by atoms with Gasteiger partial charge in [0.05, 0.1) is 24.5 Å². The Hall–Kier alpha value is -2.45. The summed E-state index contributed by atoms with van der Waals surface area (Å²) in [5.74, 6) is 2.83. The number of nitrogens with zero attached hydrogens (tertiary/aromatic N) is 1. The molecule has 0 N–H and O–H groups in total. The van der Waals surface area contributed by atoms with E-state index in [0.29, 0.717) is 29.7 Å². The molecule has 1 unspecified atom stereocenters. The number of hydrogen-bond acceptors (Lipinski definition) is 5. The zero-order chi connectivity index (χ0) is 18.9. The van der Waals surface area contributed by atoms with Gasteiger partial charge in [-0.3, -0.25) is 0 Å². The lowest BCUT2D eigenvalue weighted by Gasteiger charge is -2.10. The van der Waals surface area contributed by atoms with Crippen LogP contribution in [0.25, 0.3) is 11.3 Å². The zero-order valence-electron chi connectivity index (χ0n) is 15.3. The Balaban J connectivity index is 2.11. The van der Waals surface area contributed by atoms with Gasteiger partial charge in [0.25, 0.3) is 0 Å². The van der Waals surface area contributed by atoms with Gasteiger partial charge in [-0.05, 0) is 61.9 Å². The fraction of sp³-hybridized carbons (Fsp3) is 0.333. The Kier molecular flexibility index (Phi) is 7.55. The Morgan fingerprint density at radius 2 is 2.00 bits per heavy atom. The summed E-state index contributed by atoms with van der Waals surface area (Å²) >= 11 is 1.83. The minimum Gasteiger partial charge on any atom is -0.494 e. The van der Waals surface area contributed by atoms with Crippen LogP contribution in [0.5, 0.6) is 5.75 Å². The van der Waals surface area contributed by atoms with Gasteiger partial charge in [0.2, 0.25) is 0 Å². The third kappa shape index (κ3) is 5.27. The summed E-state index contributed by atoms with van der Waals surface area (Å²) in [6, 6.07) is 11.1. The third-order valence-electron chi connectivity index (χ3n) is 3.87. The topological polar surface area (TPSA) is 48.4 Å². The number of terminal acetylenes is 1. The number of rotatable bonds is 8. The number of esters is 1. The van der Waals surface area contributed by atoms with Gasteiger partial charge in [-0.2, -0.15) is 11.8 Å². The molecule has 0 radical (unpaired) electrons. The van der Waals surface area contributed by atoms with E-state index in [2.05, 4.69) is 24.1 Å². The quantitative estimate of drug-likeness (QED) is 0.509. The van der Waals surface area contributed by atoms with Crippen molar-refractivity contribution in [2.24, 2.45) is 0 Å². The maximum absolute atomic E-state index is 11.9. The van der Waals surface area contributed by atoms with Crippen molar-refractivity contribution in [2.45, 2.75) is 25.5 Å². The first-order valence-electron chi connectivity index (χ1n) is 8.49. The number of hydrogen-bond donors (Lipinski definition) is 0. The van der Waals surface area contributed by atoms with Crippen molar-refractivity contribution in [1.29, 1.82) is 0 Å². The van der Waals surface area contributed by atoms with Gasteiger partial charge in [0.15, 0.2) is 0 Å². The van der Waals surface area contributed by atoms with E-state index in [1.807, 2.05) is 36.0 Å². The SMILES string of the molecule is C#Cc1nc(-c2ccc(OCCC(C)SC)cc2)ccc1C(=O)OCC. The van der Waals surface area contributed by atoms with Crippen molar-refractivity contribution >= 4 is 17.7 Å². The molecule has 136 valence electrons. The average Bonchev–Trinajstić information content (AvgIpc) is 2.68. The van der Waals surface area contributed by atoms with Crippen LogP contribution < -0.4 is 4.74 Å². The van der Waals surface area contributed by atoms with E-state index in [4.69, 9.17) is 15.9 Å². The first kappa shape index (κ1) is 19.9. The smallest absolute Gasteiger partial charge is 0.341 e. The molecule has 5 heteroatoms. The Morgan fingerprint density at radius 1 is 1.27 bits per heavy atom. The van der Waals surface area contributed by atoms with Gasteiger partial charge < -0.3 is 9.47 Å². The molecule has 0 aliphatic rings. The highest BCUT2D eigenvalue weighted by molar-refractivity contribution is 7.99. The summed E-state index contributed by atoms with van der Waals surface area (Å²) in [7, 11) is 0. The number of carbonyl (C=O) groups excluding carboxylic acids is 1. The minimum absolute atomic E-state index is 0.285. The zero-order valence-corrected chi connectivity index (χ0v) is 16.1. The second-order valence-corrected chi connectivity index (χ2v) is 6.94. The van der Waals surface area contributed by atoms with Crippen LogP contribution in [0, 0.1) is 12.3 Å². The van der Waals surface area contributed by atoms with Crippen LogP contribution in [0.2, 0.25) is 0 Å². The fourth-order valence-electron chi connectivity index (χ4n) is 2.29. The standard InChI is InChI=1S/C21H23NO3S/c1-5-19-18(21(23)24-6-2)11-12-20(22-19)16-7-9-17(10-8-16)25-14-13-15(3)26-4/h1,7-12,15H,6,13-14H2,2-4H3. The highest BCUT2D eigenvalue weighted by Gasteiger charge is 2.14. The van der Waals surface area contributed by atoms with Crippen LogP contribution in [0.1, 0.15) is 36.3 Å². The molecular formula is C21H23NO3S. The fourth-order valence-corrected chi connectivity index (χ4v) is 2.62. The highest BCUT2D eigenvalue weighted by Crippen LogP contribution is 2.23. The molecule has 0 aliphatic carbocycles. The molecule has 26 heavy (non-hydrogen) atoms. The number of thioether (sulfide) groups is 1. The molecule has 2 aromatic rings. The normalized spacial score (nSPS) is 11.5. The van der Waals surface area contributed by atoms with Gasteiger partial charge in [-0.1, -0.05) is 6.92 Å². The number of ether oxygens (including phenoxy) is 2. The summed E-state index contributed by atoms with van der Waals surface area (Å²) < 4.78 is 10.8. The molecule has 2 rings (SSSR count). The van der Waals surface area contributed by atoms with Crippen molar-refractivity contribution in [3.05, 3.63) is 47.7 Å². The van der Waals surface area contributed by atoms with Crippen LogP contribution in [0.4, 0.5) is 0 Å². The van der Waals surface area contributed by atoms with Gasteiger partial charge in [0.1, 0.15) is 11.4 Å². The monoisotopic (exact) mass is 369 g/mol. The van der Waals surface area contributed by atoms with E-state index >= 15 is 0 Å². The van der Waals surface area contributed by atoms with E-state index in [1.54, 1.807) is 19.1 Å². The second kappa shape index (κ2) is 9.88. The molecule has 1 aromatic heterocycles. The lowest BCUT2D eigenvalue weighted by molar-refractivity contribution is 0.0525. The molecule has 0 fully saturated rings. The Bertz CT molecular complexity index is 781. The predicted molar refractivity (Wildman–Crippen MR) is 107 cm³/mol. The molecule has 0 bridgehead atoms. The largest absolute Gasteiger partial charge is 0.494 e.